The summed E-state index contributed by atoms with van der Waals surface area (Å²) in [7, 11) is 0. The van der Waals surface area contributed by atoms with Crippen molar-refractivity contribution in [2.24, 2.45) is 5.73 Å². The minimum absolute atomic E-state index is 0. The highest BCUT2D eigenvalue weighted by Gasteiger charge is 2.26. The Morgan fingerprint density at radius 1 is 1.26 bits per heavy atom. The van der Waals surface area contributed by atoms with Crippen LogP contribution in [0.5, 0.6) is 0 Å². The van der Waals surface area contributed by atoms with Gasteiger partial charge in [-0.1, -0.05) is 26.2 Å². The van der Waals surface area contributed by atoms with Crippen LogP contribution in [0.1, 0.15) is 52.4 Å². The molecule has 0 radical (unpaired) electrons. The van der Waals surface area contributed by atoms with Crippen molar-refractivity contribution in [3.63, 3.8) is 0 Å². The van der Waals surface area contributed by atoms with Gasteiger partial charge in [-0.05, 0) is 39.3 Å². The Morgan fingerprint density at radius 3 is 2.37 bits per heavy atom. The first-order valence-corrected chi connectivity index (χ1v) is 7.36. The van der Waals surface area contributed by atoms with Crippen LogP contribution >= 0.6 is 12.4 Å². The Bertz CT molecular complexity index is 251. The van der Waals surface area contributed by atoms with Crippen LogP contribution in [0.4, 0.5) is 0 Å². The van der Waals surface area contributed by atoms with Gasteiger partial charge in [-0.2, -0.15) is 0 Å². The van der Waals surface area contributed by atoms with Crippen LogP contribution in [0, 0.1) is 0 Å². The number of carbonyl (C=O) groups is 1. The minimum Gasteiger partial charge on any atom is -0.353 e. The van der Waals surface area contributed by atoms with Gasteiger partial charge in [0.05, 0.1) is 5.54 Å². The average molecular weight is 292 g/mol. The maximum atomic E-state index is 11.9. The standard InChI is InChI=1S/C14H29N3O.ClH/c1-3-8-14(2,15)13(18)16-9-12-17-10-6-4-5-7-11-17;/h3-12,15H2,1-2H3,(H,16,18);1H. The van der Waals surface area contributed by atoms with Crippen molar-refractivity contribution < 1.29 is 4.79 Å². The molecule has 1 aliphatic rings. The second kappa shape index (κ2) is 9.56. The Hall–Kier alpha value is -0.320. The highest BCUT2D eigenvalue weighted by Crippen LogP contribution is 2.10. The summed E-state index contributed by atoms with van der Waals surface area (Å²) in [6.07, 6.45) is 6.95. The lowest BCUT2D eigenvalue weighted by molar-refractivity contribution is -0.126. The van der Waals surface area contributed by atoms with Gasteiger partial charge in [-0.15, -0.1) is 12.4 Å². The van der Waals surface area contributed by atoms with Gasteiger partial charge in [-0.3, -0.25) is 4.79 Å². The summed E-state index contributed by atoms with van der Waals surface area (Å²) >= 11 is 0. The molecule has 5 heteroatoms. The molecule has 19 heavy (non-hydrogen) atoms. The van der Waals surface area contributed by atoms with Crippen molar-refractivity contribution in [2.75, 3.05) is 26.2 Å². The fourth-order valence-corrected chi connectivity index (χ4v) is 2.52. The van der Waals surface area contributed by atoms with Crippen molar-refractivity contribution in [2.45, 2.75) is 57.9 Å². The molecule has 1 amide bonds. The molecule has 1 rings (SSSR count). The van der Waals surface area contributed by atoms with Gasteiger partial charge in [0, 0.05) is 13.1 Å². The second-order valence-electron chi connectivity index (χ2n) is 5.68. The predicted octanol–water partition coefficient (Wildman–Crippen LogP) is 1.92. The number of hydrogen-bond donors (Lipinski definition) is 2. The quantitative estimate of drug-likeness (QED) is 0.786. The molecule has 0 spiro atoms. The number of nitrogens with two attached hydrogens (primary N) is 1. The Labute approximate surface area is 123 Å². The molecule has 4 nitrogen and oxygen atoms in total. The van der Waals surface area contributed by atoms with Crippen LogP contribution in [0.3, 0.4) is 0 Å². The first kappa shape index (κ1) is 18.7. The molecular weight excluding hydrogens is 262 g/mol. The van der Waals surface area contributed by atoms with Crippen molar-refractivity contribution >= 4 is 18.3 Å². The minimum atomic E-state index is -0.715. The number of amides is 1. The summed E-state index contributed by atoms with van der Waals surface area (Å²) in [5.74, 6) is -0.0147. The molecule has 1 unspecified atom stereocenters. The molecule has 1 atom stereocenters. The van der Waals surface area contributed by atoms with Gasteiger partial charge in [0.1, 0.15) is 0 Å². The molecule has 0 aromatic rings. The van der Waals surface area contributed by atoms with E-state index in [9.17, 15) is 4.79 Å². The highest BCUT2D eigenvalue weighted by atomic mass is 35.5. The summed E-state index contributed by atoms with van der Waals surface area (Å²) in [6, 6.07) is 0. The van der Waals surface area contributed by atoms with Crippen LogP contribution in [-0.2, 0) is 4.79 Å². The number of nitrogens with one attached hydrogen (secondary N) is 1. The fourth-order valence-electron chi connectivity index (χ4n) is 2.52. The highest BCUT2D eigenvalue weighted by molar-refractivity contribution is 5.85. The summed E-state index contributed by atoms with van der Waals surface area (Å²) in [5, 5.41) is 2.97. The number of rotatable bonds is 6. The lowest BCUT2D eigenvalue weighted by Crippen LogP contribution is -2.52. The zero-order valence-electron chi connectivity index (χ0n) is 12.4. The van der Waals surface area contributed by atoms with E-state index < -0.39 is 5.54 Å². The molecular formula is C14H30ClN3O. The Morgan fingerprint density at radius 2 is 1.84 bits per heavy atom. The van der Waals surface area contributed by atoms with Crippen LogP contribution in [0.2, 0.25) is 0 Å². The number of nitrogens with zero attached hydrogens (tertiary/aromatic N) is 1. The van der Waals surface area contributed by atoms with Crippen molar-refractivity contribution in [1.82, 2.24) is 10.2 Å². The van der Waals surface area contributed by atoms with Crippen molar-refractivity contribution in [1.29, 1.82) is 0 Å². The van der Waals surface area contributed by atoms with Gasteiger partial charge >= 0.3 is 0 Å². The molecule has 1 aliphatic heterocycles. The number of hydrogen-bond acceptors (Lipinski definition) is 3. The Kier molecular flexibility index (Phi) is 9.40. The van der Waals surface area contributed by atoms with E-state index in [0.29, 0.717) is 0 Å². The largest absolute Gasteiger partial charge is 0.353 e. The summed E-state index contributed by atoms with van der Waals surface area (Å²) < 4.78 is 0. The molecule has 0 bridgehead atoms. The topological polar surface area (TPSA) is 58.4 Å². The van der Waals surface area contributed by atoms with E-state index in [1.54, 1.807) is 0 Å². The van der Waals surface area contributed by atoms with E-state index in [-0.39, 0.29) is 18.3 Å². The average Bonchev–Trinajstić information content (AvgIpc) is 2.57. The van der Waals surface area contributed by atoms with E-state index >= 15 is 0 Å². The first-order chi connectivity index (χ1) is 8.56. The molecule has 114 valence electrons. The second-order valence-corrected chi connectivity index (χ2v) is 5.68. The molecule has 0 aliphatic carbocycles. The molecule has 1 fully saturated rings. The number of carbonyl (C=O) groups excluding carboxylic acids is 1. The fraction of sp³-hybridized carbons (Fsp3) is 0.929. The third-order valence-electron chi connectivity index (χ3n) is 3.70. The van der Waals surface area contributed by atoms with E-state index in [1.165, 1.54) is 38.8 Å². The summed E-state index contributed by atoms with van der Waals surface area (Å²) in [6.45, 7) is 7.88. The van der Waals surface area contributed by atoms with Crippen LogP contribution in [0.25, 0.3) is 0 Å². The summed E-state index contributed by atoms with van der Waals surface area (Å²) in [5.41, 5.74) is 5.27. The third kappa shape index (κ3) is 7.14. The zero-order chi connectivity index (χ0) is 13.4. The van der Waals surface area contributed by atoms with Gasteiger partial charge in [-0.25, -0.2) is 0 Å². The van der Waals surface area contributed by atoms with Gasteiger partial charge in [0.25, 0.3) is 0 Å². The zero-order valence-corrected chi connectivity index (χ0v) is 13.2. The summed E-state index contributed by atoms with van der Waals surface area (Å²) in [4.78, 5) is 14.4. The molecule has 1 heterocycles. The third-order valence-corrected chi connectivity index (χ3v) is 3.70. The van der Waals surface area contributed by atoms with Crippen LogP contribution in [0.15, 0.2) is 0 Å². The first-order valence-electron chi connectivity index (χ1n) is 7.36. The molecule has 0 aromatic carbocycles. The van der Waals surface area contributed by atoms with Crippen molar-refractivity contribution in [3.05, 3.63) is 0 Å². The SMILES string of the molecule is CCCC(C)(N)C(=O)NCCN1CCCCCC1.Cl. The maximum absolute atomic E-state index is 11.9. The van der Waals surface area contributed by atoms with E-state index in [2.05, 4.69) is 17.1 Å². The van der Waals surface area contributed by atoms with Crippen LogP contribution < -0.4 is 11.1 Å². The monoisotopic (exact) mass is 291 g/mol. The van der Waals surface area contributed by atoms with Gasteiger partial charge in [0.2, 0.25) is 5.91 Å². The van der Waals surface area contributed by atoms with Gasteiger partial charge in [0.15, 0.2) is 0 Å². The predicted molar refractivity (Wildman–Crippen MR) is 82.7 cm³/mol. The molecule has 0 saturated carbocycles. The number of halogens is 1. The smallest absolute Gasteiger partial charge is 0.239 e. The van der Waals surface area contributed by atoms with E-state index in [1.807, 2.05) is 6.92 Å². The molecule has 1 saturated heterocycles. The van der Waals surface area contributed by atoms with Crippen molar-refractivity contribution in [3.8, 4) is 0 Å². The van der Waals surface area contributed by atoms with E-state index in [0.717, 1.165) is 25.9 Å². The normalized spacial score (nSPS) is 19.9. The van der Waals surface area contributed by atoms with Crippen LogP contribution in [-0.4, -0.2) is 42.5 Å². The van der Waals surface area contributed by atoms with E-state index in [4.69, 9.17) is 5.73 Å². The molecule has 3 N–H and O–H groups in total. The Balaban J connectivity index is 0.00000324. The lowest BCUT2D eigenvalue weighted by Gasteiger charge is -2.24. The van der Waals surface area contributed by atoms with Gasteiger partial charge < -0.3 is 16.0 Å². The number of likely N-dealkylation sites (tertiary alicyclic amines) is 1. The molecule has 0 aromatic heterocycles. The maximum Gasteiger partial charge on any atom is 0.239 e. The lowest BCUT2D eigenvalue weighted by atomic mass is 9.97.